The molecule has 13 heteroatoms. The Morgan fingerprint density at radius 1 is 1.07 bits per heavy atom. The van der Waals surface area contributed by atoms with Crippen LogP contribution < -0.4 is 16.0 Å². The molecule has 3 aromatic rings. The number of benzene rings is 3. The van der Waals surface area contributed by atoms with Gasteiger partial charge < -0.3 is 25.8 Å². The lowest BCUT2D eigenvalue weighted by atomic mass is 9.68. The average Bonchev–Trinajstić information content (AvgIpc) is 3.04. The summed E-state index contributed by atoms with van der Waals surface area (Å²) >= 11 is 6.13. The monoisotopic (exact) mass is 672 g/mol. The lowest BCUT2D eigenvalue weighted by molar-refractivity contribution is -0.121. The Labute approximate surface area is 273 Å². The summed E-state index contributed by atoms with van der Waals surface area (Å²) < 4.78 is 49.9. The standard InChI is InChI=1S/C33H38ClFN4O6S/c1-22-20-36-21-25(39(22)46(43,44)26-6-3-2-4-7-26)14-15-27-28(35)8-5-9-29(27)37-31(40)30(38-32(41)42)33(16-18-45-19-17-33)23-10-12-24(34)13-11-23/h2-13,22,25,30,36,38H,14-21H2,1H3,(H,37,40)(H,41,42)/t22-,25-,30+/m0/s1. The number of hydrogen-bond donors (Lipinski definition) is 4. The second-order valence-corrected chi connectivity index (χ2v) is 14.0. The molecule has 2 amide bonds. The minimum Gasteiger partial charge on any atom is -0.465 e. The number of carbonyl (C=O) groups is 2. The van der Waals surface area contributed by atoms with Gasteiger partial charge in [-0.05, 0) is 74.6 Å². The van der Waals surface area contributed by atoms with E-state index in [4.69, 9.17) is 16.3 Å². The van der Waals surface area contributed by atoms with Gasteiger partial charge >= 0.3 is 6.09 Å². The number of nitrogens with zero attached hydrogens (tertiary/aromatic N) is 1. The van der Waals surface area contributed by atoms with E-state index in [1.807, 2.05) is 6.92 Å². The van der Waals surface area contributed by atoms with Crippen molar-refractivity contribution in [1.29, 1.82) is 0 Å². The highest BCUT2D eigenvalue weighted by Crippen LogP contribution is 2.39. The summed E-state index contributed by atoms with van der Waals surface area (Å²) in [6, 6.07) is 17.4. The zero-order valence-electron chi connectivity index (χ0n) is 25.4. The van der Waals surface area contributed by atoms with Crippen LogP contribution in [-0.4, -0.2) is 74.3 Å². The summed E-state index contributed by atoms with van der Waals surface area (Å²) in [7, 11) is -3.83. The molecule has 0 saturated carbocycles. The third-order valence-electron chi connectivity index (χ3n) is 8.92. The number of carbonyl (C=O) groups excluding carboxylic acids is 1. The van der Waals surface area contributed by atoms with Crippen LogP contribution in [0.5, 0.6) is 0 Å². The number of sulfonamides is 1. The van der Waals surface area contributed by atoms with E-state index in [-0.39, 0.29) is 35.0 Å². The van der Waals surface area contributed by atoms with E-state index in [0.717, 1.165) is 5.56 Å². The highest BCUT2D eigenvalue weighted by atomic mass is 35.5. The molecule has 246 valence electrons. The topological polar surface area (TPSA) is 137 Å². The van der Waals surface area contributed by atoms with Crippen LogP contribution in [0.25, 0.3) is 0 Å². The Morgan fingerprint density at radius 2 is 1.76 bits per heavy atom. The van der Waals surface area contributed by atoms with Crippen LogP contribution in [0, 0.1) is 5.82 Å². The van der Waals surface area contributed by atoms with Crippen LogP contribution in [0.4, 0.5) is 14.9 Å². The summed E-state index contributed by atoms with van der Waals surface area (Å²) in [6.07, 6.45) is -0.257. The van der Waals surface area contributed by atoms with E-state index < -0.39 is 45.3 Å². The van der Waals surface area contributed by atoms with Crippen LogP contribution in [0.2, 0.25) is 5.02 Å². The minimum atomic E-state index is -3.83. The first-order valence-electron chi connectivity index (χ1n) is 15.2. The van der Waals surface area contributed by atoms with Crippen molar-refractivity contribution in [1.82, 2.24) is 14.9 Å². The van der Waals surface area contributed by atoms with Crippen molar-refractivity contribution in [2.24, 2.45) is 0 Å². The normalized spacial score (nSPS) is 20.8. The lowest BCUT2D eigenvalue weighted by Gasteiger charge is -2.43. The molecule has 3 atom stereocenters. The van der Waals surface area contributed by atoms with E-state index in [9.17, 15) is 23.1 Å². The highest BCUT2D eigenvalue weighted by molar-refractivity contribution is 7.89. The van der Waals surface area contributed by atoms with Gasteiger partial charge in [0.25, 0.3) is 0 Å². The van der Waals surface area contributed by atoms with Gasteiger partial charge in [-0.3, -0.25) is 4.79 Å². The second kappa shape index (κ2) is 14.5. The first-order valence-corrected chi connectivity index (χ1v) is 17.1. The number of nitrogens with one attached hydrogen (secondary N) is 3. The molecule has 5 rings (SSSR count). The van der Waals surface area contributed by atoms with Crippen molar-refractivity contribution >= 4 is 39.3 Å². The summed E-state index contributed by atoms with van der Waals surface area (Å²) in [4.78, 5) is 26.2. The lowest BCUT2D eigenvalue weighted by Crippen LogP contribution is -2.58. The fraction of sp³-hybridized carbons (Fsp3) is 0.394. The Bertz CT molecular complexity index is 1640. The molecule has 10 nitrogen and oxygen atoms in total. The molecule has 0 spiro atoms. The van der Waals surface area contributed by atoms with Crippen molar-refractivity contribution in [2.75, 3.05) is 31.6 Å². The van der Waals surface area contributed by atoms with Gasteiger partial charge in [0.1, 0.15) is 11.9 Å². The molecule has 2 fully saturated rings. The van der Waals surface area contributed by atoms with E-state index in [1.165, 1.54) is 16.4 Å². The zero-order valence-corrected chi connectivity index (χ0v) is 27.0. The third-order valence-corrected chi connectivity index (χ3v) is 11.3. The SMILES string of the molecule is C[C@H]1CNC[C@H](CCc2c(F)cccc2NC(=O)[C@@H](NC(=O)O)C2(c3ccc(Cl)cc3)CCOCC2)N1S(=O)(=O)c1ccccc1. The van der Waals surface area contributed by atoms with Crippen LogP contribution in [-0.2, 0) is 31.4 Å². The Kier molecular flexibility index (Phi) is 10.6. The van der Waals surface area contributed by atoms with Crippen molar-refractivity contribution in [3.8, 4) is 0 Å². The van der Waals surface area contributed by atoms with Gasteiger partial charge in [-0.1, -0.05) is 48.0 Å². The summed E-state index contributed by atoms with van der Waals surface area (Å²) in [5, 5.41) is 18.8. The van der Waals surface area contributed by atoms with Gasteiger partial charge in [0.05, 0.1) is 4.90 Å². The molecule has 4 N–H and O–H groups in total. The predicted molar refractivity (Wildman–Crippen MR) is 173 cm³/mol. The number of ether oxygens (including phenoxy) is 1. The number of anilines is 1. The van der Waals surface area contributed by atoms with Gasteiger partial charge in [0.2, 0.25) is 15.9 Å². The molecular weight excluding hydrogens is 635 g/mol. The van der Waals surface area contributed by atoms with Gasteiger partial charge in [0, 0.05) is 60.1 Å². The minimum absolute atomic E-state index is 0.120. The molecule has 3 aromatic carbocycles. The number of carboxylic acid groups (broad SMARTS) is 1. The van der Waals surface area contributed by atoms with Crippen LogP contribution >= 0.6 is 11.6 Å². The smallest absolute Gasteiger partial charge is 0.405 e. The Morgan fingerprint density at radius 3 is 2.43 bits per heavy atom. The first kappa shape index (κ1) is 33.8. The van der Waals surface area contributed by atoms with Gasteiger partial charge in [0.15, 0.2) is 0 Å². The van der Waals surface area contributed by atoms with E-state index in [2.05, 4.69) is 16.0 Å². The number of rotatable bonds is 10. The molecular formula is C33H38ClFN4O6S. The van der Waals surface area contributed by atoms with Gasteiger partial charge in [-0.15, -0.1) is 0 Å². The molecule has 2 aliphatic heterocycles. The van der Waals surface area contributed by atoms with Crippen molar-refractivity contribution in [2.45, 2.75) is 61.0 Å². The summed E-state index contributed by atoms with van der Waals surface area (Å²) in [5.74, 6) is -1.21. The fourth-order valence-electron chi connectivity index (χ4n) is 6.66. The maximum absolute atomic E-state index is 15.4. The summed E-state index contributed by atoms with van der Waals surface area (Å²) in [5.41, 5.74) is 0.171. The maximum atomic E-state index is 15.4. The van der Waals surface area contributed by atoms with Gasteiger partial charge in [-0.25, -0.2) is 17.6 Å². The average molecular weight is 673 g/mol. The number of hydrogen-bond acceptors (Lipinski definition) is 6. The van der Waals surface area contributed by atoms with Crippen LogP contribution in [0.15, 0.2) is 77.7 Å². The molecule has 2 heterocycles. The molecule has 0 radical (unpaired) electrons. The van der Waals surface area contributed by atoms with Crippen molar-refractivity contribution in [3.63, 3.8) is 0 Å². The molecule has 2 saturated heterocycles. The third kappa shape index (κ3) is 7.21. The molecule has 0 aromatic heterocycles. The molecule has 0 unspecified atom stereocenters. The Balaban J connectivity index is 1.42. The highest BCUT2D eigenvalue weighted by Gasteiger charge is 2.47. The van der Waals surface area contributed by atoms with Crippen LogP contribution in [0.1, 0.15) is 37.3 Å². The fourth-order valence-corrected chi connectivity index (χ4v) is 8.65. The van der Waals surface area contributed by atoms with Gasteiger partial charge in [-0.2, -0.15) is 4.31 Å². The zero-order chi connectivity index (χ0) is 32.9. The summed E-state index contributed by atoms with van der Waals surface area (Å²) in [6.45, 7) is 3.31. The number of amides is 2. The second-order valence-electron chi connectivity index (χ2n) is 11.8. The van der Waals surface area contributed by atoms with Crippen molar-refractivity contribution < 1.29 is 32.2 Å². The first-order chi connectivity index (χ1) is 22.0. The largest absolute Gasteiger partial charge is 0.465 e. The van der Waals surface area contributed by atoms with Crippen LogP contribution in [0.3, 0.4) is 0 Å². The number of halogens is 2. The Hall–Kier alpha value is -3.55. The number of piperazine rings is 1. The van der Waals surface area contributed by atoms with E-state index >= 15 is 4.39 Å². The van der Waals surface area contributed by atoms with E-state index in [1.54, 1.807) is 60.7 Å². The molecule has 2 aliphatic rings. The van der Waals surface area contributed by atoms with Crippen molar-refractivity contribution in [3.05, 3.63) is 94.8 Å². The quantitative estimate of drug-likeness (QED) is 0.243. The predicted octanol–water partition coefficient (Wildman–Crippen LogP) is 4.79. The molecule has 0 aliphatic carbocycles. The molecule has 0 bridgehead atoms. The van der Waals surface area contributed by atoms with E-state index in [0.29, 0.717) is 44.2 Å². The molecule has 46 heavy (non-hydrogen) atoms. The maximum Gasteiger partial charge on any atom is 0.405 e.